The van der Waals surface area contributed by atoms with Crippen LogP contribution in [0.3, 0.4) is 0 Å². The molecule has 106 valence electrons. The highest BCUT2D eigenvalue weighted by Gasteiger charge is 2.09. The number of hydrogen-bond acceptors (Lipinski definition) is 3. The number of carbonyl (C=O) groups is 1. The SMILES string of the molecule is O=C(NCCc1ccccc1)c1ccncc1C#CCO. The van der Waals surface area contributed by atoms with Crippen LogP contribution in [0.1, 0.15) is 21.5 Å². The fourth-order valence-electron chi connectivity index (χ4n) is 1.89. The number of nitrogens with zero attached hydrogens (tertiary/aromatic N) is 1. The maximum atomic E-state index is 12.1. The molecule has 4 nitrogen and oxygen atoms in total. The first kappa shape index (κ1) is 14.8. The lowest BCUT2D eigenvalue weighted by Gasteiger charge is -2.06. The minimum atomic E-state index is -0.246. The Morgan fingerprint density at radius 1 is 1.24 bits per heavy atom. The van der Waals surface area contributed by atoms with Crippen molar-refractivity contribution >= 4 is 5.91 Å². The maximum absolute atomic E-state index is 12.1. The molecule has 0 atom stereocenters. The van der Waals surface area contributed by atoms with Crippen molar-refractivity contribution in [3.63, 3.8) is 0 Å². The first-order chi connectivity index (χ1) is 10.3. The minimum Gasteiger partial charge on any atom is -0.384 e. The van der Waals surface area contributed by atoms with E-state index in [4.69, 9.17) is 5.11 Å². The zero-order valence-electron chi connectivity index (χ0n) is 11.5. The van der Waals surface area contributed by atoms with Gasteiger partial charge in [-0.15, -0.1) is 0 Å². The van der Waals surface area contributed by atoms with Gasteiger partial charge < -0.3 is 10.4 Å². The molecule has 0 aliphatic heterocycles. The second kappa shape index (κ2) is 7.83. The van der Waals surface area contributed by atoms with Crippen LogP contribution in [0, 0.1) is 11.8 Å². The lowest BCUT2D eigenvalue weighted by molar-refractivity contribution is 0.0954. The third-order valence-corrected chi connectivity index (χ3v) is 2.91. The lowest BCUT2D eigenvalue weighted by Crippen LogP contribution is -2.26. The first-order valence-electron chi connectivity index (χ1n) is 6.67. The Morgan fingerprint density at radius 2 is 2.05 bits per heavy atom. The molecule has 0 unspecified atom stereocenters. The van der Waals surface area contributed by atoms with Gasteiger partial charge in [0.05, 0.1) is 11.1 Å². The van der Waals surface area contributed by atoms with Crippen LogP contribution in [0.5, 0.6) is 0 Å². The molecule has 0 aliphatic carbocycles. The van der Waals surface area contributed by atoms with Gasteiger partial charge in [0.1, 0.15) is 6.61 Å². The van der Waals surface area contributed by atoms with E-state index >= 15 is 0 Å². The fourth-order valence-corrected chi connectivity index (χ4v) is 1.89. The van der Waals surface area contributed by atoms with E-state index in [-0.39, 0.29) is 12.5 Å². The Labute approximate surface area is 123 Å². The number of amides is 1. The summed E-state index contributed by atoms with van der Waals surface area (Å²) >= 11 is 0. The van der Waals surface area contributed by atoms with Crippen LogP contribution in [0.4, 0.5) is 0 Å². The number of aliphatic hydroxyl groups excluding tert-OH is 1. The van der Waals surface area contributed by atoms with Crippen LogP contribution in [-0.4, -0.2) is 29.1 Å². The van der Waals surface area contributed by atoms with Gasteiger partial charge in [-0.2, -0.15) is 0 Å². The van der Waals surface area contributed by atoms with Gasteiger partial charge in [0.25, 0.3) is 5.91 Å². The molecule has 0 spiro atoms. The lowest BCUT2D eigenvalue weighted by atomic mass is 10.1. The molecule has 2 rings (SSSR count). The second-order valence-electron chi connectivity index (χ2n) is 4.37. The molecule has 1 heterocycles. The van der Waals surface area contributed by atoms with Crippen LogP contribution in [0.25, 0.3) is 0 Å². The maximum Gasteiger partial charge on any atom is 0.252 e. The molecule has 0 bridgehead atoms. The first-order valence-corrected chi connectivity index (χ1v) is 6.67. The Bertz CT molecular complexity index is 657. The van der Waals surface area contributed by atoms with Crippen molar-refractivity contribution in [3.05, 3.63) is 65.5 Å². The predicted molar refractivity (Wildman–Crippen MR) is 80.7 cm³/mol. The normalized spacial score (nSPS) is 9.57. The standard InChI is InChI=1S/C17H16N2O2/c20-12-4-7-15-13-18-10-9-16(15)17(21)19-11-8-14-5-2-1-3-6-14/h1-3,5-6,9-10,13,20H,8,11-12H2,(H,19,21). The van der Waals surface area contributed by atoms with E-state index in [9.17, 15) is 4.79 Å². The van der Waals surface area contributed by atoms with Gasteiger partial charge in [-0.3, -0.25) is 9.78 Å². The van der Waals surface area contributed by atoms with Crippen LogP contribution >= 0.6 is 0 Å². The molecular weight excluding hydrogens is 264 g/mol. The average Bonchev–Trinajstić information content (AvgIpc) is 2.54. The van der Waals surface area contributed by atoms with Crippen molar-refractivity contribution < 1.29 is 9.90 Å². The Balaban J connectivity index is 1.97. The Hall–Kier alpha value is -2.64. The van der Waals surface area contributed by atoms with Crippen LogP contribution in [0.15, 0.2) is 48.8 Å². The molecule has 21 heavy (non-hydrogen) atoms. The monoisotopic (exact) mass is 280 g/mol. The molecule has 1 amide bonds. The number of aliphatic hydroxyl groups is 1. The van der Waals surface area contributed by atoms with Crippen molar-refractivity contribution in [1.82, 2.24) is 10.3 Å². The molecule has 1 aromatic carbocycles. The summed E-state index contributed by atoms with van der Waals surface area (Å²) in [6, 6.07) is 11.6. The minimum absolute atomic E-state index is 0.185. The Kier molecular flexibility index (Phi) is 5.50. The van der Waals surface area contributed by atoms with Gasteiger partial charge in [0.2, 0.25) is 0 Å². The smallest absolute Gasteiger partial charge is 0.252 e. The summed E-state index contributed by atoms with van der Waals surface area (Å²) in [4.78, 5) is 16.1. The molecule has 0 radical (unpaired) electrons. The Morgan fingerprint density at radius 3 is 2.81 bits per heavy atom. The number of aromatic nitrogens is 1. The molecule has 4 heteroatoms. The largest absolute Gasteiger partial charge is 0.384 e. The quantitative estimate of drug-likeness (QED) is 0.832. The molecule has 0 fully saturated rings. The summed E-state index contributed by atoms with van der Waals surface area (Å²) in [6.45, 7) is 0.308. The second-order valence-corrected chi connectivity index (χ2v) is 4.37. The number of nitrogens with one attached hydrogen (secondary N) is 1. The van der Waals surface area contributed by atoms with Crippen LogP contribution < -0.4 is 5.32 Å². The third-order valence-electron chi connectivity index (χ3n) is 2.91. The van der Waals surface area contributed by atoms with Crippen molar-refractivity contribution in [2.75, 3.05) is 13.2 Å². The number of benzene rings is 1. The van der Waals surface area contributed by atoms with E-state index in [2.05, 4.69) is 22.1 Å². The summed E-state index contributed by atoms with van der Waals surface area (Å²) in [5, 5.41) is 11.6. The summed E-state index contributed by atoms with van der Waals surface area (Å²) in [5.74, 6) is 5.07. The van der Waals surface area contributed by atoms with Crippen LogP contribution in [0.2, 0.25) is 0 Å². The highest BCUT2D eigenvalue weighted by Crippen LogP contribution is 2.05. The van der Waals surface area contributed by atoms with E-state index in [1.54, 1.807) is 12.3 Å². The fraction of sp³-hybridized carbons (Fsp3) is 0.176. The van der Waals surface area contributed by atoms with E-state index in [1.807, 2.05) is 30.3 Å². The summed E-state index contributed by atoms with van der Waals surface area (Å²) in [5.41, 5.74) is 2.16. The van der Waals surface area contributed by atoms with Crippen molar-refractivity contribution in [2.24, 2.45) is 0 Å². The molecule has 1 aromatic heterocycles. The predicted octanol–water partition coefficient (Wildman–Crippen LogP) is 1.40. The number of pyridine rings is 1. The molecule has 0 aliphatic rings. The van der Waals surface area contributed by atoms with Gasteiger partial charge >= 0.3 is 0 Å². The van der Waals surface area contributed by atoms with Gasteiger partial charge in [-0.1, -0.05) is 42.2 Å². The van der Waals surface area contributed by atoms with Gasteiger partial charge in [-0.25, -0.2) is 0 Å². The van der Waals surface area contributed by atoms with Crippen molar-refractivity contribution in [2.45, 2.75) is 6.42 Å². The highest BCUT2D eigenvalue weighted by atomic mass is 16.2. The molecule has 2 N–H and O–H groups in total. The van der Waals surface area contributed by atoms with Gasteiger partial charge in [-0.05, 0) is 18.1 Å². The molecule has 2 aromatic rings. The van der Waals surface area contributed by atoms with E-state index < -0.39 is 0 Å². The van der Waals surface area contributed by atoms with Crippen molar-refractivity contribution in [3.8, 4) is 11.8 Å². The van der Waals surface area contributed by atoms with E-state index in [0.717, 1.165) is 6.42 Å². The van der Waals surface area contributed by atoms with Gasteiger partial charge in [0, 0.05) is 18.9 Å². The van der Waals surface area contributed by atoms with Crippen LogP contribution in [-0.2, 0) is 6.42 Å². The molecular formula is C17H16N2O2. The van der Waals surface area contributed by atoms with Gasteiger partial charge in [0.15, 0.2) is 0 Å². The number of carbonyl (C=O) groups excluding carboxylic acids is 1. The summed E-state index contributed by atoms with van der Waals surface area (Å²) in [6.07, 6.45) is 3.85. The molecule has 0 saturated carbocycles. The third kappa shape index (κ3) is 4.44. The number of hydrogen-bond donors (Lipinski definition) is 2. The van der Waals surface area contributed by atoms with E-state index in [0.29, 0.717) is 17.7 Å². The molecule has 0 saturated heterocycles. The van der Waals surface area contributed by atoms with E-state index in [1.165, 1.54) is 11.8 Å². The zero-order valence-corrected chi connectivity index (χ0v) is 11.5. The zero-order chi connectivity index (χ0) is 14.9. The highest BCUT2D eigenvalue weighted by molar-refractivity contribution is 5.96. The summed E-state index contributed by atoms with van der Waals surface area (Å²) < 4.78 is 0. The topological polar surface area (TPSA) is 62.2 Å². The number of rotatable bonds is 4. The van der Waals surface area contributed by atoms with Crippen molar-refractivity contribution in [1.29, 1.82) is 0 Å². The average molecular weight is 280 g/mol. The summed E-state index contributed by atoms with van der Waals surface area (Å²) in [7, 11) is 0.